The number of hydrogen-bond donors (Lipinski definition) is 0. The van der Waals surface area contributed by atoms with E-state index >= 15 is 0 Å². The minimum atomic E-state index is -0.885. The first-order chi connectivity index (χ1) is 13.6. The minimum absolute atomic E-state index is 0.228. The molecule has 0 aliphatic heterocycles. The van der Waals surface area contributed by atoms with Crippen LogP contribution in [0.3, 0.4) is 0 Å². The third-order valence-electron chi connectivity index (χ3n) is 4.95. The number of hydrogen-bond acceptors (Lipinski definition) is 5. The zero-order valence-electron chi connectivity index (χ0n) is 16.3. The Balaban J connectivity index is 2.08. The third-order valence-corrected chi connectivity index (χ3v) is 4.95. The molecule has 0 fully saturated rings. The van der Waals surface area contributed by atoms with Crippen molar-refractivity contribution in [1.29, 1.82) is 0 Å². The van der Waals surface area contributed by atoms with Crippen molar-refractivity contribution in [3.05, 3.63) is 65.7 Å². The van der Waals surface area contributed by atoms with Crippen molar-refractivity contribution in [1.82, 2.24) is 0 Å². The zero-order valence-corrected chi connectivity index (χ0v) is 16.3. The molecule has 146 valence electrons. The van der Waals surface area contributed by atoms with Gasteiger partial charge >= 0.3 is 5.97 Å². The van der Waals surface area contributed by atoms with Crippen LogP contribution in [0.15, 0.2) is 54.6 Å². The van der Waals surface area contributed by atoms with E-state index in [0.717, 1.165) is 16.7 Å². The summed E-state index contributed by atoms with van der Waals surface area (Å²) >= 11 is 0. The maximum absolute atomic E-state index is 12.9. The van der Waals surface area contributed by atoms with Crippen LogP contribution in [0, 0.1) is 5.92 Å². The molecule has 0 bridgehead atoms. The molecule has 0 saturated carbocycles. The van der Waals surface area contributed by atoms with Crippen LogP contribution in [0.4, 0.5) is 0 Å². The highest BCUT2D eigenvalue weighted by Crippen LogP contribution is 2.42. The summed E-state index contributed by atoms with van der Waals surface area (Å²) in [6.45, 7) is 1.96. The molecule has 0 N–H and O–H groups in total. The van der Waals surface area contributed by atoms with Crippen molar-refractivity contribution in [3.63, 3.8) is 0 Å². The van der Waals surface area contributed by atoms with E-state index in [2.05, 4.69) is 0 Å². The average molecular weight is 380 g/mol. The summed E-state index contributed by atoms with van der Waals surface area (Å²) in [6, 6.07) is 15.2. The molecule has 0 heterocycles. The normalized spacial score (nSPS) is 19.0. The predicted molar refractivity (Wildman–Crippen MR) is 106 cm³/mol. The van der Waals surface area contributed by atoms with Gasteiger partial charge in [0.2, 0.25) is 0 Å². The standard InChI is InChI=1S/C23H24O5/c1-4-28-23(25)22-20(17-10-18(26-2)14-19(11-17)27-3)12-16(13-21(22)24)15-8-6-5-7-9-15/h5-11,13-14,20,22H,4,12H2,1-3H3/t20-,22+/m1/s1. The second-order valence-corrected chi connectivity index (χ2v) is 6.62. The van der Waals surface area contributed by atoms with E-state index in [1.807, 2.05) is 42.5 Å². The molecule has 3 rings (SSSR count). The monoisotopic (exact) mass is 380 g/mol. The van der Waals surface area contributed by atoms with Gasteiger partial charge in [-0.2, -0.15) is 0 Å². The topological polar surface area (TPSA) is 61.8 Å². The van der Waals surface area contributed by atoms with E-state index in [1.54, 1.807) is 33.3 Å². The average Bonchev–Trinajstić information content (AvgIpc) is 2.73. The Labute approximate surface area is 164 Å². The van der Waals surface area contributed by atoms with Gasteiger partial charge in [-0.25, -0.2) is 0 Å². The van der Waals surface area contributed by atoms with Crippen LogP contribution in [0.1, 0.15) is 30.4 Å². The first-order valence-electron chi connectivity index (χ1n) is 9.26. The summed E-state index contributed by atoms with van der Waals surface area (Å²) in [7, 11) is 3.14. The summed E-state index contributed by atoms with van der Waals surface area (Å²) < 4.78 is 16.0. The number of benzene rings is 2. The zero-order chi connectivity index (χ0) is 20.1. The molecule has 5 nitrogen and oxygen atoms in total. The van der Waals surface area contributed by atoms with Crippen molar-refractivity contribution in [2.45, 2.75) is 19.3 Å². The van der Waals surface area contributed by atoms with Gasteiger partial charge in [0.05, 0.1) is 20.8 Å². The first-order valence-corrected chi connectivity index (χ1v) is 9.26. The van der Waals surface area contributed by atoms with Gasteiger partial charge in [0, 0.05) is 12.0 Å². The molecule has 1 aliphatic rings. The van der Waals surface area contributed by atoms with Crippen molar-refractivity contribution in [3.8, 4) is 11.5 Å². The second-order valence-electron chi connectivity index (χ2n) is 6.62. The van der Waals surface area contributed by atoms with Crippen molar-refractivity contribution in [2.75, 3.05) is 20.8 Å². The summed E-state index contributed by atoms with van der Waals surface area (Å²) in [5.74, 6) is -0.765. The van der Waals surface area contributed by atoms with Gasteiger partial charge < -0.3 is 14.2 Å². The fourth-order valence-electron chi connectivity index (χ4n) is 3.59. The quantitative estimate of drug-likeness (QED) is 0.559. The predicted octanol–water partition coefficient (Wildman–Crippen LogP) is 4.02. The highest BCUT2D eigenvalue weighted by atomic mass is 16.5. The molecule has 0 spiro atoms. The molecule has 0 amide bonds. The Kier molecular flexibility index (Phi) is 6.14. The fraction of sp³-hybridized carbons (Fsp3) is 0.304. The Morgan fingerprint density at radius 2 is 1.68 bits per heavy atom. The number of carbonyl (C=O) groups excluding carboxylic acids is 2. The molecule has 2 atom stereocenters. The SMILES string of the molecule is CCOC(=O)[C@@H]1C(=O)C=C(c2ccccc2)C[C@@H]1c1cc(OC)cc(OC)c1. The molecule has 2 aromatic carbocycles. The molecule has 0 saturated heterocycles. The number of carbonyl (C=O) groups is 2. The van der Waals surface area contributed by atoms with Gasteiger partial charge in [0.15, 0.2) is 5.78 Å². The van der Waals surface area contributed by atoms with E-state index in [1.165, 1.54) is 0 Å². The number of allylic oxidation sites excluding steroid dienone is 2. The minimum Gasteiger partial charge on any atom is -0.497 e. The Morgan fingerprint density at radius 1 is 1.04 bits per heavy atom. The number of ether oxygens (including phenoxy) is 3. The van der Waals surface area contributed by atoms with E-state index in [4.69, 9.17) is 14.2 Å². The lowest BCUT2D eigenvalue weighted by Gasteiger charge is -2.30. The summed E-state index contributed by atoms with van der Waals surface area (Å²) in [4.78, 5) is 25.6. The molecule has 0 unspecified atom stereocenters. The summed E-state index contributed by atoms with van der Waals surface area (Å²) in [5.41, 5.74) is 2.68. The molecule has 0 aromatic heterocycles. The van der Waals surface area contributed by atoms with E-state index < -0.39 is 11.9 Å². The smallest absolute Gasteiger partial charge is 0.317 e. The second kappa shape index (κ2) is 8.74. The van der Waals surface area contributed by atoms with Gasteiger partial charge in [0.25, 0.3) is 0 Å². The number of ketones is 1. The van der Waals surface area contributed by atoms with Gasteiger partial charge in [-0.05, 0) is 48.3 Å². The van der Waals surface area contributed by atoms with Crippen LogP contribution in [0.25, 0.3) is 5.57 Å². The number of rotatable bonds is 6. The fourth-order valence-corrected chi connectivity index (χ4v) is 3.59. The lowest BCUT2D eigenvalue weighted by Crippen LogP contribution is -2.34. The van der Waals surface area contributed by atoms with E-state index in [-0.39, 0.29) is 18.3 Å². The molecule has 2 aromatic rings. The molecular weight excluding hydrogens is 356 g/mol. The maximum atomic E-state index is 12.9. The van der Waals surface area contributed by atoms with E-state index in [0.29, 0.717) is 17.9 Å². The maximum Gasteiger partial charge on any atom is 0.317 e. The van der Waals surface area contributed by atoms with Crippen LogP contribution in [0.5, 0.6) is 11.5 Å². The number of esters is 1. The van der Waals surface area contributed by atoms with Crippen LogP contribution in [0.2, 0.25) is 0 Å². The highest BCUT2D eigenvalue weighted by molar-refractivity contribution is 6.10. The largest absolute Gasteiger partial charge is 0.497 e. The van der Waals surface area contributed by atoms with Crippen LogP contribution < -0.4 is 9.47 Å². The molecular formula is C23H24O5. The van der Waals surface area contributed by atoms with E-state index in [9.17, 15) is 9.59 Å². The van der Waals surface area contributed by atoms with Crippen LogP contribution in [-0.4, -0.2) is 32.6 Å². The van der Waals surface area contributed by atoms with Crippen molar-refractivity contribution < 1.29 is 23.8 Å². The lowest BCUT2D eigenvalue weighted by atomic mass is 9.73. The Hall–Kier alpha value is -3.08. The lowest BCUT2D eigenvalue weighted by molar-refractivity contribution is -0.151. The summed E-state index contributed by atoms with van der Waals surface area (Å²) in [6.07, 6.45) is 2.11. The van der Waals surface area contributed by atoms with Crippen molar-refractivity contribution >= 4 is 17.3 Å². The summed E-state index contributed by atoms with van der Waals surface area (Å²) in [5, 5.41) is 0. The molecule has 0 radical (unpaired) electrons. The van der Waals surface area contributed by atoms with Gasteiger partial charge in [-0.15, -0.1) is 0 Å². The molecule has 1 aliphatic carbocycles. The Bertz CT molecular complexity index is 863. The third kappa shape index (κ3) is 4.09. The van der Waals surface area contributed by atoms with Gasteiger partial charge in [-0.3, -0.25) is 9.59 Å². The number of methoxy groups -OCH3 is 2. The Morgan fingerprint density at radius 3 is 2.25 bits per heavy atom. The van der Waals surface area contributed by atoms with Crippen LogP contribution >= 0.6 is 0 Å². The van der Waals surface area contributed by atoms with Gasteiger partial charge in [0.1, 0.15) is 17.4 Å². The van der Waals surface area contributed by atoms with Crippen LogP contribution in [-0.2, 0) is 14.3 Å². The van der Waals surface area contributed by atoms with Gasteiger partial charge in [-0.1, -0.05) is 30.3 Å². The molecule has 5 heteroatoms. The first kappa shape index (κ1) is 19.7. The molecule has 28 heavy (non-hydrogen) atoms. The van der Waals surface area contributed by atoms with Crippen molar-refractivity contribution in [2.24, 2.45) is 5.92 Å². The highest BCUT2D eigenvalue weighted by Gasteiger charge is 2.40.